The minimum atomic E-state index is -0.0542. The summed E-state index contributed by atoms with van der Waals surface area (Å²) in [5.41, 5.74) is 6.49. The van der Waals surface area contributed by atoms with Crippen molar-refractivity contribution in [2.75, 3.05) is 6.54 Å². The summed E-state index contributed by atoms with van der Waals surface area (Å²) in [5.74, 6) is 2.32. The van der Waals surface area contributed by atoms with E-state index in [9.17, 15) is 4.79 Å². The molecule has 1 aliphatic carbocycles. The molecular weight excluding hydrogens is 374 g/mol. The van der Waals surface area contributed by atoms with Crippen LogP contribution in [0, 0.1) is 11.8 Å². The molecule has 0 aliphatic heterocycles. The summed E-state index contributed by atoms with van der Waals surface area (Å²) in [7, 11) is 0. The molecule has 146 valence electrons. The molecule has 0 spiro atoms. The smallest absolute Gasteiger partial charge is 0.261 e. The first-order valence-electron chi connectivity index (χ1n) is 9.76. The summed E-state index contributed by atoms with van der Waals surface area (Å²) in [6.45, 7) is 1.35. The van der Waals surface area contributed by atoms with Gasteiger partial charge in [-0.15, -0.1) is 0 Å². The van der Waals surface area contributed by atoms with Gasteiger partial charge in [0, 0.05) is 11.6 Å². The molecule has 0 saturated heterocycles. The summed E-state index contributed by atoms with van der Waals surface area (Å²) >= 11 is 6.13. The molecular formula is C22H24ClN3O2. The fourth-order valence-electron chi connectivity index (χ4n) is 4.10. The molecule has 3 aromatic rings. The Morgan fingerprint density at radius 1 is 1.25 bits per heavy atom. The van der Waals surface area contributed by atoms with E-state index in [1.54, 1.807) is 29.0 Å². The molecule has 2 aromatic heterocycles. The molecule has 5 nitrogen and oxygen atoms in total. The predicted octanol–water partition coefficient (Wildman–Crippen LogP) is 4.58. The van der Waals surface area contributed by atoms with Gasteiger partial charge in [-0.25, -0.2) is 4.98 Å². The lowest BCUT2D eigenvalue weighted by molar-refractivity contribution is 0.245. The van der Waals surface area contributed by atoms with Crippen LogP contribution in [0.15, 0.2) is 45.8 Å². The highest BCUT2D eigenvalue weighted by Crippen LogP contribution is 2.29. The molecule has 2 heterocycles. The number of nitrogens with two attached hydrogens (primary N) is 1. The van der Waals surface area contributed by atoms with E-state index in [0.717, 1.165) is 25.0 Å². The summed E-state index contributed by atoms with van der Waals surface area (Å²) in [6, 6.07) is 8.95. The van der Waals surface area contributed by atoms with Crippen molar-refractivity contribution >= 4 is 34.7 Å². The molecule has 1 aromatic carbocycles. The summed E-state index contributed by atoms with van der Waals surface area (Å²) in [4.78, 5) is 18.0. The lowest BCUT2D eigenvalue weighted by atomic mass is 9.81. The fourth-order valence-corrected chi connectivity index (χ4v) is 4.27. The molecule has 0 radical (unpaired) electrons. The van der Waals surface area contributed by atoms with Crippen molar-refractivity contribution in [3.05, 3.63) is 63.6 Å². The predicted molar refractivity (Wildman–Crippen MR) is 113 cm³/mol. The molecule has 4 rings (SSSR count). The van der Waals surface area contributed by atoms with E-state index in [1.807, 2.05) is 24.3 Å². The molecule has 6 heteroatoms. The zero-order valence-corrected chi connectivity index (χ0v) is 16.4. The number of furan rings is 1. The standard InChI is InChI=1S/C22H24ClN3O2/c23-17-6-8-20-19(12-17)22(27)26(14-16-4-1-3-15(11-16)13-24)21(25-20)9-7-18-5-2-10-28-18/h2,5-10,12,15-16H,1,3-4,11,13-14,24H2/b9-7+. The number of fused-ring (bicyclic) bond motifs is 1. The average Bonchev–Trinajstić information content (AvgIpc) is 3.23. The average molecular weight is 398 g/mol. The van der Waals surface area contributed by atoms with E-state index >= 15 is 0 Å². The van der Waals surface area contributed by atoms with Crippen LogP contribution in [0.2, 0.25) is 5.02 Å². The number of benzene rings is 1. The van der Waals surface area contributed by atoms with Gasteiger partial charge in [0.1, 0.15) is 11.6 Å². The van der Waals surface area contributed by atoms with Gasteiger partial charge in [-0.2, -0.15) is 0 Å². The highest BCUT2D eigenvalue weighted by Gasteiger charge is 2.23. The quantitative estimate of drug-likeness (QED) is 0.683. The van der Waals surface area contributed by atoms with Crippen LogP contribution in [0.1, 0.15) is 37.3 Å². The molecule has 0 amide bonds. The minimum absolute atomic E-state index is 0.0542. The van der Waals surface area contributed by atoms with Gasteiger partial charge in [-0.05, 0) is 80.1 Å². The molecule has 2 N–H and O–H groups in total. The van der Waals surface area contributed by atoms with Crippen LogP contribution in [-0.4, -0.2) is 16.1 Å². The molecule has 0 bridgehead atoms. The SMILES string of the molecule is NCC1CCCC(Cn2c(/C=C/c3ccco3)nc3ccc(Cl)cc3c2=O)C1. The lowest BCUT2D eigenvalue weighted by Crippen LogP contribution is -2.31. The highest BCUT2D eigenvalue weighted by molar-refractivity contribution is 6.31. The van der Waals surface area contributed by atoms with E-state index in [1.165, 1.54) is 6.42 Å². The Balaban J connectivity index is 1.75. The molecule has 1 fully saturated rings. The van der Waals surface area contributed by atoms with Crippen LogP contribution in [0.25, 0.3) is 23.1 Å². The van der Waals surface area contributed by atoms with Crippen molar-refractivity contribution in [2.45, 2.75) is 32.2 Å². The third-order valence-corrected chi connectivity index (χ3v) is 5.79. The summed E-state index contributed by atoms with van der Waals surface area (Å²) in [6.07, 6.45) is 9.80. The molecule has 2 atom stereocenters. The largest absolute Gasteiger partial charge is 0.465 e. The van der Waals surface area contributed by atoms with Gasteiger partial charge in [0.2, 0.25) is 0 Å². The monoisotopic (exact) mass is 397 g/mol. The summed E-state index contributed by atoms with van der Waals surface area (Å²) < 4.78 is 7.15. The number of halogens is 1. The zero-order valence-electron chi connectivity index (χ0n) is 15.7. The van der Waals surface area contributed by atoms with E-state index in [2.05, 4.69) is 0 Å². The minimum Gasteiger partial charge on any atom is -0.465 e. The van der Waals surface area contributed by atoms with Crippen LogP contribution < -0.4 is 11.3 Å². The lowest BCUT2D eigenvalue weighted by Gasteiger charge is -2.29. The van der Waals surface area contributed by atoms with Gasteiger partial charge >= 0.3 is 0 Å². The van der Waals surface area contributed by atoms with Crippen molar-refractivity contribution in [1.82, 2.24) is 9.55 Å². The third kappa shape index (κ3) is 4.05. The van der Waals surface area contributed by atoms with Gasteiger partial charge in [0.15, 0.2) is 0 Å². The first-order valence-corrected chi connectivity index (χ1v) is 10.1. The van der Waals surface area contributed by atoms with Crippen LogP contribution in [-0.2, 0) is 6.54 Å². The molecule has 28 heavy (non-hydrogen) atoms. The van der Waals surface area contributed by atoms with Crippen molar-refractivity contribution < 1.29 is 4.42 Å². The Kier molecular flexibility index (Phi) is 5.64. The first kappa shape index (κ1) is 19.0. The Bertz CT molecular complexity index is 1040. The van der Waals surface area contributed by atoms with Crippen molar-refractivity contribution in [3.63, 3.8) is 0 Å². The highest BCUT2D eigenvalue weighted by atomic mass is 35.5. The number of nitrogens with zero attached hydrogens (tertiary/aromatic N) is 2. The Labute approximate surface area is 168 Å². The number of hydrogen-bond acceptors (Lipinski definition) is 4. The molecule has 1 aliphatic rings. The molecule has 1 saturated carbocycles. The second-order valence-corrected chi connectivity index (χ2v) is 7.97. The number of rotatable bonds is 5. The van der Waals surface area contributed by atoms with E-state index in [-0.39, 0.29) is 5.56 Å². The maximum Gasteiger partial charge on any atom is 0.261 e. The van der Waals surface area contributed by atoms with Crippen LogP contribution >= 0.6 is 11.6 Å². The van der Waals surface area contributed by atoms with Gasteiger partial charge in [-0.1, -0.05) is 18.0 Å². The van der Waals surface area contributed by atoms with E-state index < -0.39 is 0 Å². The van der Waals surface area contributed by atoms with Crippen LogP contribution in [0.4, 0.5) is 0 Å². The normalized spacial score (nSPS) is 20.2. The van der Waals surface area contributed by atoms with E-state index in [0.29, 0.717) is 46.7 Å². The van der Waals surface area contributed by atoms with Crippen molar-refractivity contribution in [1.29, 1.82) is 0 Å². The van der Waals surface area contributed by atoms with Crippen LogP contribution in [0.3, 0.4) is 0 Å². The summed E-state index contributed by atoms with van der Waals surface area (Å²) in [5, 5.41) is 1.09. The Morgan fingerprint density at radius 2 is 2.11 bits per heavy atom. The van der Waals surface area contributed by atoms with E-state index in [4.69, 9.17) is 26.7 Å². The Morgan fingerprint density at radius 3 is 2.89 bits per heavy atom. The number of hydrogen-bond donors (Lipinski definition) is 1. The second kappa shape index (κ2) is 8.33. The fraction of sp³-hybridized carbons (Fsp3) is 0.364. The van der Waals surface area contributed by atoms with Crippen LogP contribution in [0.5, 0.6) is 0 Å². The van der Waals surface area contributed by atoms with Crippen molar-refractivity contribution in [3.8, 4) is 0 Å². The topological polar surface area (TPSA) is 74.1 Å². The maximum absolute atomic E-state index is 13.3. The van der Waals surface area contributed by atoms with Gasteiger partial charge in [-0.3, -0.25) is 9.36 Å². The van der Waals surface area contributed by atoms with Gasteiger partial charge < -0.3 is 10.2 Å². The third-order valence-electron chi connectivity index (χ3n) is 5.55. The second-order valence-electron chi connectivity index (χ2n) is 7.53. The number of aromatic nitrogens is 2. The molecule has 2 unspecified atom stereocenters. The zero-order chi connectivity index (χ0) is 19.5. The van der Waals surface area contributed by atoms with Gasteiger partial charge in [0.25, 0.3) is 5.56 Å². The first-order chi connectivity index (χ1) is 13.6. The Hall–Kier alpha value is -2.37. The van der Waals surface area contributed by atoms with Crippen molar-refractivity contribution in [2.24, 2.45) is 17.6 Å². The van der Waals surface area contributed by atoms with Gasteiger partial charge in [0.05, 0.1) is 17.2 Å². The maximum atomic E-state index is 13.3.